The summed E-state index contributed by atoms with van der Waals surface area (Å²) in [6.07, 6.45) is 0. The first-order valence-corrected chi connectivity index (χ1v) is 6.89. The van der Waals surface area contributed by atoms with Crippen LogP contribution in [0, 0.1) is 0 Å². The Morgan fingerprint density at radius 2 is 2.05 bits per heavy atom. The maximum absolute atomic E-state index is 11.8. The SMILES string of the molecule is NC(=O)Nc1cccc(C(=O)NCCSCC(=O)O)c1. The maximum atomic E-state index is 11.8. The Bertz CT molecular complexity index is 507. The molecule has 0 saturated carbocycles. The number of nitrogens with two attached hydrogens (primary N) is 1. The van der Waals surface area contributed by atoms with Crippen LogP contribution in [0.5, 0.6) is 0 Å². The van der Waals surface area contributed by atoms with Crippen molar-refractivity contribution in [2.75, 3.05) is 23.4 Å². The van der Waals surface area contributed by atoms with Crippen LogP contribution < -0.4 is 16.4 Å². The fraction of sp³-hybridized carbons (Fsp3) is 0.250. The third-order valence-corrected chi connectivity index (χ3v) is 3.09. The van der Waals surface area contributed by atoms with E-state index in [1.54, 1.807) is 18.2 Å². The number of aliphatic carboxylic acids is 1. The van der Waals surface area contributed by atoms with E-state index in [1.807, 2.05) is 0 Å². The lowest BCUT2D eigenvalue weighted by molar-refractivity contribution is -0.133. The van der Waals surface area contributed by atoms with Gasteiger partial charge in [-0.25, -0.2) is 4.79 Å². The number of hydrogen-bond acceptors (Lipinski definition) is 4. The summed E-state index contributed by atoms with van der Waals surface area (Å²) in [6, 6.07) is 5.65. The Morgan fingerprint density at radius 1 is 1.30 bits per heavy atom. The molecule has 0 fully saturated rings. The summed E-state index contributed by atoms with van der Waals surface area (Å²) in [7, 11) is 0. The molecule has 3 amide bonds. The van der Waals surface area contributed by atoms with Crippen molar-refractivity contribution in [3.8, 4) is 0 Å². The number of carboxylic acid groups (broad SMARTS) is 1. The van der Waals surface area contributed by atoms with Gasteiger partial charge in [0.15, 0.2) is 0 Å². The molecule has 20 heavy (non-hydrogen) atoms. The summed E-state index contributed by atoms with van der Waals surface area (Å²) in [6.45, 7) is 0.365. The molecule has 7 nitrogen and oxygen atoms in total. The predicted octanol–water partition coefficient (Wildman–Crippen LogP) is 0.725. The zero-order chi connectivity index (χ0) is 15.0. The van der Waals surface area contributed by atoms with Crippen LogP contribution in [0.15, 0.2) is 24.3 Å². The van der Waals surface area contributed by atoms with Gasteiger partial charge in [-0.05, 0) is 18.2 Å². The third-order valence-electron chi connectivity index (χ3n) is 2.15. The Labute approximate surface area is 119 Å². The van der Waals surface area contributed by atoms with Gasteiger partial charge in [0.2, 0.25) is 0 Å². The quantitative estimate of drug-likeness (QED) is 0.553. The topological polar surface area (TPSA) is 122 Å². The van der Waals surface area contributed by atoms with E-state index in [-0.39, 0.29) is 11.7 Å². The molecule has 0 atom stereocenters. The summed E-state index contributed by atoms with van der Waals surface area (Å²) in [4.78, 5) is 32.8. The normalized spacial score (nSPS) is 9.80. The van der Waals surface area contributed by atoms with Crippen molar-refractivity contribution in [3.05, 3.63) is 29.8 Å². The van der Waals surface area contributed by atoms with Gasteiger partial charge in [-0.1, -0.05) is 6.07 Å². The van der Waals surface area contributed by atoms with E-state index in [9.17, 15) is 14.4 Å². The fourth-order valence-electron chi connectivity index (χ4n) is 1.38. The van der Waals surface area contributed by atoms with Crippen LogP contribution in [0.4, 0.5) is 10.5 Å². The Balaban J connectivity index is 2.43. The number of rotatable bonds is 7. The lowest BCUT2D eigenvalue weighted by Gasteiger charge is -2.07. The first kappa shape index (κ1) is 15.8. The fourth-order valence-corrected chi connectivity index (χ4v) is 1.94. The maximum Gasteiger partial charge on any atom is 0.316 e. The minimum absolute atomic E-state index is 0.00782. The molecule has 0 aromatic heterocycles. The molecule has 1 rings (SSSR count). The molecule has 0 aliphatic rings. The first-order valence-electron chi connectivity index (χ1n) is 5.73. The largest absolute Gasteiger partial charge is 0.481 e. The van der Waals surface area contributed by atoms with Gasteiger partial charge in [0.05, 0.1) is 5.75 Å². The third kappa shape index (κ3) is 6.10. The molecule has 1 aromatic carbocycles. The predicted molar refractivity (Wildman–Crippen MR) is 76.9 cm³/mol. The van der Waals surface area contributed by atoms with Gasteiger partial charge in [-0.3, -0.25) is 9.59 Å². The number of hydrogen-bond donors (Lipinski definition) is 4. The van der Waals surface area contributed by atoms with Gasteiger partial charge in [-0.15, -0.1) is 11.8 Å². The zero-order valence-electron chi connectivity index (χ0n) is 10.6. The molecular formula is C12H15N3O4S. The van der Waals surface area contributed by atoms with Gasteiger partial charge in [0.1, 0.15) is 0 Å². The summed E-state index contributed by atoms with van der Waals surface area (Å²) in [5.74, 6) is -0.661. The standard InChI is InChI=1S/C12H15N3O4S/c13-12(19)15-9-3-1-2-8(6-9)11(18)14-4-5-20-7-10(16)17/h1-3,6H,4-5,7H2,(H,14,18)(H,16,17)(H3,13,15,19). The number of primary amides is 1. The molecule has 0 saturated heterocycles. The molecule has 108 valence electrons. The van der Waals surface area contributed by atoms with Crippen LogP contribution in [0.1, 0.15) is 10.4 Å². The number of thioether (sulfide) groups is 1. The number of carboxylic acids is 1. The van der Waals surface area contributed by atoms with E-state index in [2.05, 4.69) is 10.6 Å². The van der Waals surface area contributed by atoms with Gasteiger partial charge >= 0.3 is 12.0 Å². The molecule has 0 unspecified atom stereocenters. The van der Waals surface area contributed by atoms with Crippen LogP contribution in [-0.2, 0) is 4.79 Å². The number of amides is 3. The molecule has 8 heteroatoms. The van der Waals surface area contributed by atoms with Crippen molar-refractivity contribution in [3.63, 3.8) is 0 Å². The smallest absolute Gasteiger partial charge is 0.316 e. The molecule has 5 N–H and O–H groups in total. The van der Waals surface area contributed by atoms with E-state index < -0.39 is 12.0 Å². The number of nitrogens with one attached hydrogen (secondary N) is 2. The molecule has 1 aromatic rings. The lowest BCUT2D eigenvalue weighted by Crippen LogP contribution is -2.26. The molecule has 0 bridgehead atoms. The molecule has 0 heterocycles. The highest BCUT2D eigenvalue weighted by atomic mass is 32.2. The number of carbonyl (C=O) groups excluding carboxylic acids is 2. The van der Waals surface area contributed by atoms with E-state index in [0.29, 0.717) is 23.5 Å². The highest BCUT2D eigenvalue weighted by Gasteiger charge is 2.06. The summed E-state index contributed by atoms with van der Waals surface area (Å²) in [5.41, 5.74) is 5.81. The van der Waals surface area contributed by atoms with Crippen LogP contribution in [0.25, 0.3) is 0 Å². The summed E-state index contributed by atoms with van der Waals surface area (Å²) >= 11 is 1.22. The molecule has 0 aliphatic carbocycles. The van der Waals surface area contributed by atoms with E-state index in [1.165, 1.54) is 17.8 Å². The minimum atomic E-state index is -0.883. The van der Waals surface area contributed by atoms with Crippen LogP contribution in [-0.4, -0.2) is 41.1 Å². The number of urea groups is 1. The van der Waals surface area contributed by atoms with Gasteiger partial charge in [-0.2, -0.15) is 0 Å². The first-order chi connectivity index (χ1) is 9.49. The number of anilines is 1. The monoisotopic (exact) mass is 297 g/mol. The van der Waals surface area contributed by atoms with E-state index >= 15 is 0 Å². The number of benzene rings is 1. The second-order valence-electron chi connectivity index (χ2n) is 3.77. The lowest BCUT2D eigenvalue weighted by atomic mass is 10.2. The molecule has 0 aliphatic heterocycles. The minimum Gasteiger partial charge on any atom is -0.481 e. The van der Waals surface area contributed by atoms with Crippen LogP contribution >= 0.6 is 11.8 Å². The van der Waals surface area contributed by atoms with Crippen molar-refractivity contribution < 1.29 is 19.5 Å². The van der Waals surface area contributed by atoms with Crippen LogP contribution in [0.2, 0.25) is 0 Å². The highest BCUT2D eigenvalue weighted by Crippen LogP contribution is 2.10. The van der Waals surface area contributed by atoms with E-state index in [4.69, 9.17) is 10.8 Å². The van der Waals surface area contributed by atoms with Gasteiger partial charge in [0.25, 0.3) is 5.91 Å². The Morgan fingerprint density at radius 3 is 2.70 bits per heavy atom. The molecule has 0 spiro atoms. The van der Waals surface area contributed by atoms with Gasteiger partial charge in [0, 0.05) is 23.5 Å². The number of carbonyl (C=O) groups is 3. The second kappa shape index (κ2) is 8.05. The summed E-state index contributed by atoms with van der Waals surface area (Å²) < 4.78 is 0. The molecule has 0 radical (unpaired) electrons. The summed E-state index contributed by atoms with van der Waals surface area (Å²) in [5, 5.41) is 13.5. The molecular weight excluding hydrogens is 282 g/mol. The van der Waals surface area contributed by atoms with Crippen molar-refractivity contribution in [2.45, 2.75) is 0 Å². The van der Waals surface area contributed by atoms with Crippen molar-refractivity contribution >= 4 is 35.4 Å². The zero-order valence-corrected chi connectivity index (χ0v) is 11.4. The average molecular weight is 297 g/mol. The van der Waals surface area contributed by atoms with E-state index in [0.717, 1.165) is 0 Å². The second-order valence-corrected chi connectivity index (χ2v) is 4.88. The van der Waals surface area contributed by atoms with Crippen molar-refractivity contribution in [2.24, 2.45) is 5.73 Å². The Hall–Kier alpha value is -2.22. The highest BCUT2D eigenvalue weighted by molar-refractivity contribution is 7.99. The van der Waals surface area contributed by atoms with Crippen molar-refractivity contribution in [1.29, 1.82) is 0 Å². The Kier molecular flexibility index (Phi) is 6.38. The average Bonchev–Trinajstić information content (AvgIpc) is 2.37. The van der Waals surface area contributed by atoms with Gasteiger partial charge < -0.3 is 21.5 Å². The van der Waals surface area contributed by atoms with Crippen molar-refractivity contribution in [1.82, 2.24) is 5.32 Å². The van der Waals surface area contributed by atoms with Crippen LogP contribution in [0.3, 0.4) is 0 Å².